The van der Waals surface area contributed by atoms with E-state index in [2.05, 4.69) is 74.6 Å². The molecule has 0 aliphatic rings. The van der Waals surface area contributed by atoms with Crippen molar-refractivity contribution in [1.29, 1.82) is 0 Å². The van der Waals surface area contributed by atoms with Gasteiger partial charge in [-0.3, -0.25) is 18.6 Å². The maximum atomic E-state index is 12.7. The molecular weight excluding hydrogens is 737 g/mol. The number of hydrogen-bond acceptors (Lipinski definition) is 8. The average molecular weight is 822 g/mol. The van der Waals surface area contributed by atoms with Gasteiger partial charge in [0.05, 0.1) is 13.2 Å². The van der Waals surface area contributed by atoms with E-state index in [4.69, 9.17) is 18.5 Å². The van der Waals surface area contributed by atoms with E-state index in [1.807, 2.05) is 19.0 Å². The predicted octanol–water partition coefficient (Wildman–Crippen LogP) is 13.1. The van der Waals surface area contributed by atoms with Crippen molar-refractivity contribution < 1.29 is 37.6 Å². The van der Waals surface area contributed by atoms with Crippen LogP contribution in [0, 0.1) is 0 Å². The molecule has 0 aromatic heterocycles. The number of allylic oxidation sites excluding steroid dienone is 10. The number of phosphoric ester groups is 1. The Labute approximate surface area is 349 Å². The second-order valence-electron chi connectivity index (χ2n) is 15.2. The zero-order valence-electron chi connectivity index (χ0n) is 36.8. The molecule has 0 aromatic carbocycles. The molecule has 0 aliphatic heterocycles. The molecule has 0 radical (unpaired) electrons. The fraction of sp³-hybridized carbons (Fsp3) is 0.745. The molecule has 0 amide bonds. The molecule has 1 N–H and O–H groups in total. The van der Waals surface area contributed by atoms with Gasteiger partial charge in [-0.1, -0.05) is 145 Å². The van der Waals surface area contributed by atoms with Crippen molar-refractivity contribution in [3.05, 3.63) is 60.8 Å². The maximum absolute atomic E-state index is 12.7. The summed E-state index contributed by atoms with van der Waals surface area (Å²) in [7, 11) is -0.736. The van der Waals surface area contributed by atoms with Gasteiger partial charge in [-0.15, -0.1) is 0 Å². The average Bonchev–Trinajstić information content (AvgIpc) is 3.18. The first-order valence-corrected chi connectivity index (χ1v) is 24.1. The highest BCUT2D eigenvalue weighted by Crippen LogP contribution is 2.43. The Hall–Kier alpha value is -2.29. The first-order valence-electron chi connectivity index (χ1n) is 22.6. The molecule has 0 spiro atoms. The molecule has 330 valence electrons. The van der Waals surface area contributed by atoms with Gasteiger partial charge in [0.2, 0.25) is 0 Å². The minimum atomic E-state index is -4.37. The van der Waals surface area contributed by atoms with Crippen molar-refractivity contribution in [1.82, 2.24) is 4.90 Å². The van der Waals surface area contributed by atoms with Crippen LogP contribution in [0.3, 0.4) is 0 Å². The Morgan fingerprint density at radius 2 is 0.947 bits per heavy atom. The van der Waals surface area contributed by atoms with Gasteiger partial charge in [0, 0.05) is 19.4 Å². The fourth-order valence-corrected chi connectivity index (χ4v) is 6.52. The van der Waals surface area contributed by atoms with Crippen LogP contribution in [0.4, 0.5) is 0 Å². The Kier molecular flexibility index (Phi) is 40.2. The largest absolute Gasteiger partial charge is 0.472 e. The van der Waals surface area contributed by atoms with Gasteiger partial charge in [-0.05, 0) is 97.6 Å². The Bertz CT molecular complexity index is 1130. The number of ether oxygens (including phenoxy) is 2. The summed E-state index contributed by atoms with van der Waals surface area (Å²) in [6, 6.07) is 0. The van der Waals surface area contributed by atoms with E-state index in [1.165, 1.54) is 70.6 Å². The molecule has 0 saturated heterocycles. The van der Waals surface area contributed by atoms with E-state index in [0.717, 1.165) is 70.6 Å². The molecule has 0 rings (SSSR count). The zero-order valence-corrected chi connectivity index (χ0v) is 37.7. The molecule has 10 heteroatoms. The Balaban J connectivity index is 4.35. The van der Waals surface area contributed by atoms with Crippen LogP contribution >= 0.6 is 7.82 Å². The van der Waals surface area contributed by atoms with Gasteiger partial charge in [0.1, 0.15) is 6.61 Å². The molecule has 57 heavy (non-hydrogen) atoms. The molecule has 0 bridgehead atoms. The van der Waals surface area contributed by atoms with Gasteiger partial charge < -0.3 is 19.3 Å². The molecule has 0 aliphatic carbocycles. The van der Waals surface area contributed by atoms with Gasteiger partial charge in [-0.25, -0.2) is 4.57 Å². The number of likely N-dealkylation sites (N-methyl/N-ethyl adjacent to an activating group) is 1. The molecule has 9 nitrogen and oxygen atoms in total. The van der Waals surface area contributed by atoms with E-state index in [0.29, 0.717) is 19.4 Å². The summed E-state index contributed by atoms with van der Waals surface area (Å²) in [4.78, 5) is 37.0. The minimum Gasteiger partial charge on any atom is -0.462 e. The van der Waals surface area contributed by atoms with E-state index in [9.17, 15) is 19.0 Å². The minimum absolute atomic E-state index is 0.00187. The van der Waals surface area contributed by atoms with Gasteiger partial charge in [-0.2, -0.15) is 0 Å². The molecule has 2 unspecified atom stereocenters. The third-order valence-corrected chi connectivity index (χ3v) is 10.3. The number of carbonyl (C=O) groups is 2. The normalized spacial score (nSPS) is 13.9. The first-order chi connectivity index (χ1) is 27.7. The number of rotatable bonds is 41. The summed E-state index contributed by atoms with van der Waals surface area (Å²) in [5, 5.41) is 0. The number of hydrogen-bond donors (Lipinski definition) is 1. The van der Waals surface area contributed by atoms with E-state index >= 15 is 0 Å². The quantitative estimate of drug-likeness (QED) is 0.0279. The highest BCUT2D eigenvalue weighted by molar-refractivity contribution is 7.47. The smallest absolute Gasteiger partial charge is 0.462 e. The van der Waals surface area contributed by atoms with E-state index < -0.39 is 32.5 Å². The monoisotopic (exact) mass is 822 g/mol. The van der Waals surface area contributed by atoms with E-state index in [1.54, 1.807) is 0 Å². The Morgan fingerprint density at radius 1 is 0.544 bits per heavy atom. The molecule has 0 fully saturated rings. The lowest BCUT2D eigenvalue weighted by molar-refractivity contribution is -0.161. The summed E-state index contributed by atoms with van der Waals surface area (Å²) in [5.41, 5.74) is 0. The number of esters is 2. The second-order valence-corrected chi connectivity index (χ2v) is 16.7. The lowest BCUT2D eigenvalue weighted by atomic mass is 10.1. The summed E-state index contributed by atoms with van der Waals surface area (Å²) in [5.74, 6) is -0.851. The molecule has 2 atom stereocenters. The summed E-state index contributed by atoms with van der Waals surface area (Å²) in [6.45, 7) is 4.24. The third kappa shape index (κ3) is 43.1. The first kappa shape index (κ1) is 54.7. The van der Waals surface area contributed by atoms with Crippen molar-refractivity contribution in [2.75, 3.05) is 40.5 Å². The molecule has 0 aromatic rings. The lowest BCUT2D eigenvalue weighted by Crippen LogP contribution is -2.29. The number of phosphoric acid groups is 1. The van der Waals surface area contributed by atoms with Crippen LogP contribution in [-0.4, -0.2) is 68.3 Å². The topological polar surface area (TPSA) is 112 Å². The third-order valence-electron chi connectivity index (χ3n) is 9.30. The van der Waals surface area contributed by atoms with Crippen molar-refractivity contribution in [3.63, 3.8) is 0 Å². The molecular formula is C47H84NO8P. The van der Waals surface area contributed by atoms with Crippen LogP contribution in [-0.2, 0) is 32.7 Å². The van der Waals surface area contributed by atoms with Gasteiger partial charge in [0.25, 0.3) is 0 Å². The summed E-state index contributed by atoms with van der Waals surface area (Å²) in [6.07, 6.45) is 48.3. The van der Waals surface area contributed by atoms with E-state index in [-0.39, 0.29) is 26.1 Å². The van der Waals surface area contributed by atoms with Crippen molar-refractivity contribution in [2.24, 2.45) is 0 Å². The van der Waals surface area contributed by atoms with Crippen molar-refractivity contribution in [3.8, 4) is 0 Å². The standard InChI is InChI=1S/C47H84NO8P/c1-5-7-9-11-13-15-17-19-21-22-23-24-26-27-29-31-33-35-37-39-46(49)53-43-45(44-55-57(51,52)54-42-41-48(3)4)56-47(50)40-38-36-34-32-30-28-25-20-18-16-14-12-10-8-6-2/h13,15,19-21,23-25,27,29,45H,5-12,14,16-18,22,26,28,30-44H2,1-4H3,(H,51,52)/b15-13-,21-19-,24-23-,25-20-,29-27-. The maximum Gasteiger partial charge on any atom is 0.472 e. The van der Waals surface area contributed by atoms with Gasteiger partial charge in [0.15, 0.2) is 6.10 Å². The van der Waals surface area contributed by atoms with Crippen LogP contribution in [0.15, 0.2) is 60.8 Å². The Morgan fingerprint density at radius 3 is 1.47 bits per heavy atom. The summed E-state index contributed by atoms with van der Waals surface area (Å²) < 4.78 is 33.5. The summed E-state index contributed by atoms with van der Waals surface area (Å²) >= 11 is 0. The van der Waals surface area contributed by atoms with Crippen molar-refractivity contribution in [2.45, 2.75) is 187 Å². The zero-order chi connectivity index (χ0) is 41.9. The SMILES string of the molecule is CCCCC/C=C\C/C=C\C/C=C\C/C=C\CCCCCC(=O)OCC(COP(=O)(O)OCCN(C)C)OC(=O)CCCCCCC/C=C\CCCCCCCC. The van der Waals surface area contributed by atoms with Crippen molar-refractivity contribution >= 4 is 19.8 Å². The number of carbonyl (C=O) groups excluding carboxylic acids is 2. The molecule has 0 heterocycles. The predicted molar refractivity (Wildman–Crippen MR) is 238 cm³/mol. The molecule has 0 saturated carbocycles. The highest BCUT2D eigenvalue weighted by Gasteiger charge is 2.26. The fourth-order valence-electron chi connectivity index (χ4n) is 5.78. The lowest BCUT2D eigenvalue weighted by Gasteiger charge is -2.20. The number of nitrogens with zero attached hydrogens (tertiary/aromatic N) is 1. The van der Waals surface area contributed by atoms with Crippen LogP contribution in [0.25, 0.3) is 0 Å². The van der Waals surface area contributed by atoms with Crippen LogP contribution in [0.1, 0.15) is 181 Å². The van der Waals surface area contributed by atoms with Crippen LogP contribution < -0.4 is 0 Å². The van der Waals surface area contributed by atoms with Gasteiger partial charge >= 0.3 is 19.8 Å². The number of unbranched alkanes of at least 4 members (excludes halogenated alkanes) is 17. The second kappa shape index (κ2) is 41.9. The highest BCUT2D eigenvalue weighted by atomic mass is 31.2. The van der Waals surface area contributed by atoms with Crippen LogP contribution in [0.2, 0.25) is 0 Å². The van der Waals surface area contributed by atoms with Crippen LogP contribution in [0.5, 0.6) is 0 Å².